The lowest BCUT2D eigenvalue weighted by Gasteiger charge is -2.25. The van der Waals surface area contributed by atoms with Crippen LogP contribution in [-0.4, -0.2) is 29.7 Å². The van der Waals surface area contributed by atoms with Crippen LogP contribution in [0.1, 0.15) is 37.6 Å². The minimum Gasteiger partial charge on any atom is -0.467 e. The van der Waals surface area contributed by atoms with Gasteiger partial charge in [0.15, 0.2) is 0 Å². The van der Waals surface area contributed by atoms with Gasteiger partial charge >= 0.3 is 0 Å². The largest absolute Gasteiger partial charge is 0.467 e. The summed E-state index contributed by atoms with van der Waals surface area (Å²) in [4.78, 5) is 11.2. The fraction of sp³-hybridized carbons (Fsp3) is 0.529. The van der Waals surface area contributed by atoms with Crippen molar-refractivity contribution in [2.45, 2.75) is 32.7 Å². The van der Waals surface area contributed by atoms with Crippen molar-refractivity contribution in [3.05, 3.63) is 42.2 Å². The maximum absolute atomic E-state index is 5.49. The molecule has 2 aromatic heterocycles. The Balaban J connectivity index is 1.81. The molecule has 1 atom stereocenters. The van der Waals surface area contributed by atoms with Gasteiger partial charge in [-0.15, -0.1) is 0 Å². The number of nitrogens with zero attached hydrogens (tertiary/aromatic N) is 3. The Morgan fingerprint density at radius 1 is 1.36 bits per heavy atom. The third kappa shape index (κ3) is 3.65. The molecule has 0 unspecified atom stereocenters. The van der Waals surface area contributed by atoms with Crippen LogP contribution in [0.2, 0.25) is 0 Å². The molecule has 0 aliphatic carbocycles. The number of ether oxygens (including phenoxy) is 1. The van der Waals surface area contributed by atoms with Crippen molar-refractivity contribution in [2.24, 2.45) is 5.92 Å². The zero-order valence-electron chi connectivity index (χ0n) is 13.2. The summed E-state index contributed by atoms with van der Waals surface area (Å²) in [5.41, 5.74) is 1.08. The maximum Gasteiger partial charge on any atom is 0.132 e. The van der Waals surface area contributed by atoms with Gasteiger partial charge in [0.05, 0.1) is 25.1 Å². The molecular weight excluding hydrogens is 278 g/mol. The lowest BCUT2D eigenvalue weighted by atomic mass is 10.0. The van der Waals surface area contributed by atoms with Crippen molar-refractivity contribution in [1.29, 1.82) is 0 Å². The number of rotatable bonds is 6. The molecule has 0 amide bonds. The number of hydrogen-bond donors (Lipinski definition) is 0. The second-order valence-electron chi connectivity index (χ2n) is 6.22. The van der Waals surface area contributed by atoms with Gasteiger partial charge in [-0.25, -0.2) is 9.97 Å². The fourth-order valence-electron chi connectivity index (χ4n) is 2.80. The van der Waals surface area contributed by atoms with Crippen molar-refractivity contribution in [1.82, 2.24) is 9.97 Å². The highest BCUT2D eigenvalue weighted by atomic mass is 16.5. The van der Waals surface area contributed by atoms with Crippen molar-refractivity contribution >= 4 is 5.82 Å². The van der Waals surface area contributed by atoms with E-state index in [1.54, 1.807) is 12.6 Å². The molecule has 1 saturated heterocycles. The van der Waals surface area contributed by atoms with Crippen LogP contribution in [0.15, 0.2) is 35.2 Å². The zero-order chi connectivity index (χ0) is 15.4. The van der Waals surface area contributed by atoms with E-state index in [-0.39, 0.29) is 0 Å². The Labute approximate surface area is 131 Å². The predicted molar refractivity (Wildman–Crippen MR) is 84.8 cm³/mol. The van der Waals surface area contributed by atoms with Crippen LogP contribution in [0.3, 0.4) is 0 Å². The molecule has 22 heavy (non-hydrogen) atoms. The molecule has 118 valence electrons. The molecule has 0 bridgehead atoms. The smallest absolute Gasteiger partial charge is 0.132 e. The van der Waals surface area contributed by atoms with E-state index in [4.69, 9.17) is 9.15 Å². The van der Waals surface area contributed by atoms with Gasteiger partial charge in [0.2, 0.25) is 0 Å². The summed E-state index contributed by atoms with van der Waals surface area (Å²) < 4.78 is 11.0. The van der Waals surface area contributed by atoms with E-state index in [1.807, 2.05) is 12.1 Å². The van der Waals surface area contributed by atoms with Gasteiger partial charge in [-0.1, -0.05) is 13.8 Å². The Morgan fingerprint density at radius 3 is 2.95 bits per heavy atom. The van der Waals surface area contributed by atoms with E-state index in [2.05, 4.69) is 34.8 Å². The third-order valence-corrected chi connectivity index (χ3v) is 3.86. The monoisotopic (exact) mass is 301 g/mol. The summed E-state index contributed by atoms with van der Waals surface area (Å²) >= 11 is 0. The summed E-state index contributed by atoms with van der Waals surface area (Å²) in [6, 6.07) is 6.02. The first-order valence-corrected chi connectivity index (χ1v) is 7.89. The van der Waals surface area contributed by atoms with Crippen molar-refractivity contribution in [3.8, 4) is 0 Å². The second kappa shape index (κ2) is 6.92. The average molecular weight is 301 g/mol. The molecule has 1 fully saturated rings. The van der Waals surface area contributed by atoms with Gasteiger partial charge in [0, 0.05) is 25.1 Å². The van der Waals surface area contributed by atoms with Gasteiger partial charge in [-0.2, -0.15) is 0 Å². The highest BCUT2D eigenvalue weighted by Crippen LogP contribution is 2.26. The van der Waals surface area contributed by atoms with E-state index in [0.717, 1.165) is 50.0 Å². The van der Waals surface area contributed by atoms with Gasteiger partial charge in [-0.05, 0) is 24.5 Å². The minimum atomic E-state index is 0.395. The summed E-state index contributed by atoms with van der Waals surface area (Å²) in [6.45, 7) is 7.66. The molecule has 0 N–H and O–H groups in total. The molecule has 0 radical (unpaired) electrons. The van der Waals surface area contributed by atoms with E-state index >= 15 is 0 Å². The third-order valence-electron chi connectivity index (χ3n) is 3.86. The molecule has 3 heterocycles. The van der Waals surface area contributed by atoms with Crippen molar-refractivity contribution in [3.63, 3.8) is 0 Å². The lowest BCUT2D eigenvalue weighted by molar-refractivity contribution is 0.193. The Bertz CT molecular complexity index is 577. The Morgan fingerprint density at radius 2 is 2.27 bits per heavy atom. The molecule has 3 rings (SSSR count). The van der Waals surface area contributed by atoms with E-state index in [1.165, 1.54) is 0 Å². The SMILES string of the molecule is CC(C)CN(Cc1ccco1)c1cc([C@@H]2CCOC2)ncn1. The van der Waals surface area contributed by atoms with Gasteiger partial charge in [0.25, 0.3) is 0 Å². The highest BCUT2D eigenvalue weighted by Gasteiger charge is 2.21. The van der Waals surface area contributed by atoms with Gasteiger partial charge in [0.1, 0.15) is 17.9 Å². The number of hydrogen-bond acceptors (Lipinski definition) is 5. The van der Waals surface area contributed by atoms with Crippen LogP contribution in [0.4, 0.5) is 5.82 Å². The summed E-state index contributed by atoms with van der Waals surface area (Å²) in [7, 11) is 0. The fourth-order valence-corrected chi connectivity index (χ4v) is 2.80. The highest BCUT2D eigenvalue weighted by molar-refractivity contribution is 5.40. The summed E-state index contributed by atoms with van der Waals surface area (Å²) in [5, 5.41) is 0. The first-order valence-electron chi connectivity index (χ1n) is 7.89. The molecule has 5 heteroatoms. The van der Waals surface area contributed by atoms with E-state index in [0.29, 0.717) is 11.8 Å². The molecule has 2 aromatic rings. The zero-order valence-corrected chi connectivity index (χ0v) is 13.2. The molecule has 1 aliphatic rings. The molecule has 1 aliphatic heterocycles. The minimum absolute atomic E-state index is 0.395. The van der Waals surface area contributed by atoms with E-state index < -0.39 is 0 Å². The normalized spacial score (nSPS) is 18.0. The molecular formula is C17H23N3O2. The molecule has 0 spiro atoms. The number of furan rings is 1. The second-order valence-corrected chi connectivity index (χ2v) is 6.22. The van der Waals surface area contributed by atoms with Crippen LogP contribution in [0.5, 0.6) is 0 Å². The Hall–Kier alpha value is -1.88. The number of anilines is 1. The summed E-state index contributed by atoms with van der Waals surface area (Å²) in [6.07, 6.45) is 4.42. The molecule has 5 nitrogen and oxygen atoms in total. The van der Waals surface area contributed by atoms with Crippen LogP contribution < -0.4 is 4.90 Å². The number of aromatic nitrogens is 2. The Kier molecular flexibility index (Phi) is 4.73. The lowest BCUT2D eigenvalue weighted by Crippen LogP contribution is -2.28. The van der Waals surface area contributed by atoms with Crippen LogP contribution in [0, 0.1) is 5.92 Å². The topological polar surface area (TPSA) is 51.4 Å². The first-order chi connectivity index (χ1) is 10.7. The maximum atomic E-state index is 5.49. The standard InChI is InChI=1S/C17H23N3O2/c1-13(2)9-20(10-15-4-3-6-22-15)17-8-16(18-12-19-17)14-5-7-21-11-14/h3-4,6,8,12-14H,5,7,9-11H2,1-2H3/t14-/m1/s1. The van der Waals surface area contributed by atoms with Gasteiger partial charge < -0.3 is 14.1 Å². The molecule has 0 saturated carbocycles. The average Bonchev–Trinajstić information content (AvgIpc) is 3.20. The van der Waals surface area contributed by atoms with E-state index in [9.17, 15) is 0 Å². The predicted octanol–water partition coefficient (Wildman–Crippen LogP) is 3.24. The van der Waals surface area contributed by atoms with Crippen molar-refractivity contribution in [2.75, 3.05) is 24.7 Å². The van der Waals surface area contributed by atoms with Crippen LogP contribution in [-0.2, 0) is 11.3 Å². The molecule has 0 aromatic carbocycles. The first kappa shape index (κ1) is 15.0. The summed E-state index contributed by atoms with van der Waals surface area (Å²) in [5.74, 6) is 2.85. The van der Waals surface area contributed by atoms with Crippen LogP contribution in [0.25, 0.3) is 0 Å². The van der Waals surface area contributed by atoms with Gasteiger partial charge in [-0.3, -0.25) is 0 Å². The van der Waals surface area contributed by atoms with Crippen molar-refractivity contribution < 1.29 is 9.15 Å². The van der Waals surface area contributed by atoms with Crippen LogP contribution >= 0.6 is 0 Å². The quantitative estimate of drug-likeness (QED) is 0.820.